The van der Waals surface area contributed by atoms with E-state index in [4.69, 9.17) is 0 Å². The maximum Gasteiger partial charge on any atom is 0.241 e. The third-order valence-corrected chi connectivity index (χ3v) is 6.35. The van der Waals surface area contributed by atoms with E-state index < -0.39 is 0 Å². The predicted molar refractivity (Wildman–Crippen MR) is 104 cm³/mol. The third kappa shape index (κ3) is 3.04. The monoisotopic (exact) mass is 366 g/mol. The lowest BCUT2D eigenvalue weighted by molar-refractivity contribution is -0.134. The summed E-state index contributed by atoms with van der Waals surface area (Å²) in [6.07, 6.45) is 6.46. The molecule has 27 heavy (non-hydrogen) atoms. The predicted octanol–water partition coefficient (Wildman–Crippen LogP) is 1.31. The molecule has 1 aromatic carbocycles. The Balaban J connectivity index is 1.27. The van der Waals surface area contributed by atoms with Crippen molar-refractivity contribution in [3.05, 3.63) is 30.6 Å². The number of para-hydroxylation sites is 1. The van der Waals surface area contributed by atoms with Crippen LogP contribution in [0.3, 0.4) is 0 Å². The van der Waals surface area contributed by atoms with Crippen molar-refractivity contribution in [3.8, 4) is 0 Å². The van der Waals surface area contributed by atoms with Crippen LogP contribution in [0.2, 0.25) is 0 Å². The minimum absolute atomic E-state index is 0.0678. The fourth-order valence-corrected chi connectivity index (χ4v) is 4.86. The Bertz CT molecular complexity index is 829. The number of carbonyl (C=O) groups excluding carboxylic acids is 1. The summed E-state index contributed by atoms with van der Waals surface area (Å²) in [6.45, 7) is 3.10. The summed E-state index contributed by atoms with van der Waals surface area (Å²) in [5.74, 6) is 1.67. The van der Waals surface area contributed by atoms with E-state index in [0.717, 1.165) is 49.3 Å². The largest absolute Gasteiger partial charge is 0.352 e. The van der Waals surface area contributed by atoms with Crippen LogP contribution < -0.4 is 15.8 Å². The first-order valence-corrected chi connectivity index (χ1v) is 10.1. The van der Waals surface area contributed by atoms with Crippen LogP contribution >= 0.6 is 0 Å². The molecule has 3 unspecified atom stereocenters. The van der Waals surface area contributed by atoms with E-state index in [2.05, 4.69) is 31.8 Å². The summed E-state index contributed by atoms with van der Waals surface area (Å²) in [6, 6.07) is 8.49. The molecule has 2 aliphatic heterocycles. The SMILES string of the molecule is O=C(C1NNC2CCCCC21)N1CCN(c2ncnc3ccccc23)CC1. The summed E-state index contributed by atoms with van der Waals surface area (Å²) < 4.78 is 0. The molecule has 0 radical (unpaired) electrons. The van der Waals surface area contributed by atoms with Crippen molar-refractivity contribution in [1.29, 1.82) is 0 Å². The standard InChI is InChI=1S/C20H26N6O/c27-20(18-14-5-1-4-8-17(14)23-24-18)26-11-9-25(10-12-26)19-15-6-2-3-7-16(15)21-13-22-19/h2-3,6-7,13-14,17-18,23-24H,1,4-5,8-12H2. The van der Waals surface area contributed by atoms with Crippen molar-refractivity contribution in [3.63, 3.8) is 0 Å². The lowest BCUT2D eigenvalue weighted by atomic mass is 9.81. The zero-order valence-electron chi connectivity index (χ0n) is 15.5. The highest BCUT2D eigenvalue weighted by molar-refractivity contribution is 5.89. The fourth-order valence-electron chi connectivity index (χ4n) is 4.86. The van der Waals surface area contributed by atoms with Gasteiger partial charge in [-0.15, -0.1) is 0 Å². The number of hydrazine groups is 1. The van der Waals surface area contributed by atoms with Crippen molar-refractivity contribution in [2.45, 2.75) is 37.8 Å². The number of hydrogen-bond donors (Lipinski definition) is 2. The number of amides is 1. The number of fused-ring (bicyclic) bond motifs is 2. The van der Waals surface area contributed by atoms with Gasteiger partial charge in [-0.05, 0) is 25.0 Å². The third-order valence-electron chi connectivity index (χ3n) is 6.35. The molecule has 2 N–H and O–H groups in total. The summed E-state index contributed by atoms with van der Waals surface area (Å²) >= 11 is 0. The first-order valence-electron chi connectivity index (χ1n) is 10.1. The van der Waals surface area contributed by atoms with Crippen molar-refractivity contribution in [1.82, 2.24) is 25.7 Å². The van der Waals surface area contributed by atoms with Gasteiger partial charge in [-0.2, -0.15) is 0 Å². The number of hydrogen-bond acceptors (Lipinski definition) is 6. The second-order valence-electron chi connectivity index (χ2n) is 7.85. The molecule has 3 aliphatic rings. The normalized spacial score (nSPS) is 28.4. The van der Waals surface area contributed by atoms with Gasteiger partial charge in [0.1, 0.15) is 18.2 Å². The molecule has 3 heterocycles. The molecule has 2 saturated heterocycles. The zero-order valence-corrected chi connectivity index (χ0v) is 15.5. The Kier molecular flexibility index (Phi) is 4.41. The Morgan fingerprint density at radius 1 is 1.00 bits per heavy atom. The molecule has 0 bridgehead atoms. The van der Waals surface area contributed by atoms with Crippen LogP contribution in [0.4, 0.5) is 5.82 Å². The topological polar surface area (TPSA) is 73.4 Å². The van der Waals surface area contributed by atoms with Gasteiger partial charge in [0, 0.05) is 43.5 Å². The molecular weight excluding hydrogens is 340 g/mol. The number of rotatable bonds is 2. The number of benzene rings is 1. The van der Waals surface area contributed by atoms with Crippen LogP contribution in [0.5, 0.6) is 0 Å². The van der Waals surface area contributed by atoms with Crippen molar-refractivity contribution >= 4 is 22.6 Å². The first-order chi connectivity index (χ1) is 13.3. The van der Waals surface area contributed by atoms with E-state index >= 15 is 0 Å². The molecule has 5 rings (SSSR count). The Labute approximate surface area is 159 Å². The van der Waals surface area contributed by atoms with Crippen LogP contribution in [0.1, 0.15) is 25.7 Å². The number of nitrogens with zero attached hydrogens (tertiary/aromatic N) is 4. The molecule has 7 nitrogen and oxygen atoms in total. The number of nitrogens with one attached hydrogen (secondary N) is 2. The van der Waals surface area contributed by atoms with Crippen molar-refractivity contribution < 1.29 is 4.79 Å². The zero-order chi connectivity index (χ0) is 18.2. The summed E-state index contributed by atoms with van der Waals surface area (Å²) in [4.78, 5) is 26.3. The van der Waals surface area contributed by atoms with E-state index in [1.54, 1.807) is 6.33 Å². The molecule has 1 amide bonds. The van der Waals surface area contributed by atoms with E-state index in [9.17, 15) is 4.79 Å². The van der Waals surface area contributed by atoms with Crippen LogP contribution in [0.15, 0.2) is 30.6 Å². The van der Waals surface area contributed by atoms with Crippen LogP contribution in [0.25, 0.3) is 10.9 Å². The highest BCUT2D eigenvalue weighted by Crippen LogP contribution is 2.31. The fraction of sp³-hybridized carbons (Fsp3) is 0.550. The van der Waals surface area contributed by atoms with Crippen LogP contribution in [0, 0.1) is 5.92 Å². The van der Waals surface area contributed by atoms with E-state index in [1.165, 1.54) is 19.3 Å². The summed E-state index contributed by atoms with van der Waals surface area (Å²) in [5.41, 5.74) is 7.61. The highest BCUT2D eigenvalue weighted by atomic mass is 16.2. The van der Waals surface area contributed by atoms with Gasteiger partial charge < -0.3 is 9.80 Å². The summed E-state index contributed by atoms with van der Waals surface area (Å²) in [7, 11) is 0. The number of aromatic nitrogens is 2. The molecule has 1 saturated carbocycles. The van der Waals surface area contributed by atoms with Gasteiger partial charge in [0.05, 0.1) is 5.52 Å². The Hall–Kier alpha value is -2.25. The smallest absolute Gasteiger partial charge is 0.241 e. The highest BCUT2D eigenvalue weighted by Gasteiger charge is 2.42. The Morgan fingerprint density at radius 3 is 2.70 bits per heavy atom. The minimum atomic E-state index is -0.0678. The van der Waals surface area contributed by atoms with Crippen molar-refractivity contribution in [2.75, 3.05) is 31.1 Å². The molecule has 1 aromatic heterocycles. The van der Waals surface area contributed by atoms with E-state index in [-0.39, 0.29) is 11.9 Å². The number of piperazine rings is 1. The molecule has 3 fully saturated rings. The molecular formula is C20H26N6O. The van der Waals surface area contributed by atoms with Gasteiger partial charge in [0.15, 0.2) is 0 Å². The average Bonchev–Trinajstić information content (AvgIpc) is 3.17. The summed E-state index contributed by atoms with van der Waals surface area (Å²) in [5, 5.41) is 1.08. The van der Waals surface area contributed by atoms with E-state index in [0.29, 0.717) is 12.0 Å². The molecule has 1 aliphatic carbocycles. The molecule has 0 spiro atoms. The maximum absolute atomic E-state index is 13.1. The van der Waals surface area contributed by atoms with Crippen LogP contribution in [-0.2, 0) is 4.79 Å². The molecule has 142 valence electrons. The van der Waals surface area contributed by atoms with Gasteiger partial charge in [-0.1, -0.05) is 25.0 Å². The van der Waals surface area contributed by atoms with Gasteiger partial charge in [0.25, 0.3) is 0 Å². The number of carbonyl (C=O) groups is 1. The molecule has 7 heteroatoms. The van der Waals surface area contributed by atoms with Crippen molar-refractivity contribution in [2.24, 2.45) is 5.92 Å². The molecule has 2 aromatic rings. The second-order valence-corrected chi connectivity index (χ2v) is 7.85. The number of anilines is 1. The maximum atomic E-state index is 13.1. The average molecular weight is 366 g/mol. The van der Waals surface area contributed by atoms with Crippen LogP contribution in [-0.4, -0.2) is 59.0 Å². The van der Waals surface area contributed by atoms with Gasteiger partial charge in [-0.25, -0.2) is 15.4 Å². The molecule has 3 atom stereocenters. The van der Waals surface area contributed by atoms with Gasteiger partial charge >= 0.3 is 0 Å². The van der Waals surface area contributed by atoms with Gasteiger partial charge in [0.2, 0.25) is 5.91 Å². The second kappa shape index (κ2) is 7.05. The lowest BCUT2D eigenvalue weighted by Crippen LogP contribution is -2.55. The quantitative estimate of drug-likeness (QED) is 0.835. The van der Waals surface area contributed by atoms with E-state index in [1.807, 2.05) is 23.1 Å². The first kappa shape index (κ1) is 16.9. The minimum Gasteiger partial charge on any atom is -0.352 e. The van der Waals surface area contributed by atoms with Gasteiger partial charge in [-0.3, -0.25) is 10.2 Å². The lowest BCUT2D eigenvalue weighted by Gasteiger charge is -2.38. The Morgan fingerprint density at radius 2 is 1.81 bits per heavy atom.